The molecule has 0 aliphatic heterocycles. The molecular formula is C14H22N2O6S2. The SMILES string of the molecule is CCN(CC)S(=O)(=O)c1ccc(S(=O)(=O)N(C)C(C)C(=O)O)cc1. The molecule has 0 radical (unpaired) electrons. The summed E-state index contributed by atoms with van der Waals surface area (Å²) in [7, 11) is -6.55. The first kappa shape index (κ1) is 20.6. The molecule has 0 saturated heterocycles. The first-order valence-electron chi connectivity index (χ1n) is 7.31. The Kier molecular flexibility index (Phi) is 6.51. The van der Waals surface area contributed by atoms with Gasteiger partial charge in [-0.1, -0.05) is 13.8 Å². The van der Waals surface area contributed by atoms with Gasteiger partial charge in [0.2, 0.25) is 20.0 Å². The predicted octanol–water partition coefficient (Wildman–Crippen LogP) is 0.811. The maximum Gasteiger partial charge on any atom is 0.321 e. The number of carbonyl (C=O) groups is 1. The van der Waals surface area contributed by atoms with E-state index in [4.69, 9.17) is 5.11 Å². The van der Waals surface area contributed by atoms with Crippen molar-refractivity contribution in [1.82, 2.24) is 8.61 Å². The van der Waals surface area contributed by atoms with Crippen LogP contribution in [-0.4, -0.2) is 62.7 Å². The molecule has 0 amide bonds. The molecule has 8 nitrogen and oxygen atoms in total. The van der Waals surface area contributed by atoms with Gasteiger partial charge in [-0.3, -0.25) is 4.79 Å². The van der Waals surface area contributed by atoms with Gasteiger partial charge in [0.05, 0.1) is 9.79 Å². The van der Waals surface area contributed by atoms with Crippen molar-refractivity contribution in [2.24, 2.45) is 0 Å². The largest absolute Gasteiger partial charge is 0.480 e. The molecule has 0 aliphatic carbocycles. The smallest absolute Gasteiger partial charge is 0.321 e. The minimum atomic E-state index is -4.03. The molecule has 0 aliphatic rings. The number of sulfonamides is 2. The highest BCUT2D eigenvalue weighted by molar-refractivity contribution is 7.89. The maximum atomic E-state index is 12.4. The highest BCUT2D eigenvalue weighted by Crippen LogP contribution is 2.21. The Morgan fingerprint density at radius 2 is 1.38 bits per heavy atom. The molecule has 10 heteroatoms. The topological polar surface area (TPSA) is 112 Å². The normalized spacial score (nSPS) is 14.1. The van der Waals surface area contributed by atoms with E-state index in [0.717, 1.165) is 23.5 Å². The molecule has 24 heavy (non-hydrogen) atoms. The number of carboxylic acid groups (broad SMARTS) is 1. The Hall–Kier alpha value is -1.49. The third-order valence-corrected chi connectivity index (χ3v) is 7.75. The van der Waals surface area contributed by atoms with E-state index < -0.39 is 32.1 Å². The van der Waals surface area contributed by atoms with Crippen molar-refractivity contribution in [3.05, 3.63) is 24.3 Å². The van der Waals surface area contributed by atoms with E-state index in [1.165, 1.54) is 23.4 Å². The Balaban J connectivity index is 3.22. The zero-order valence-corrected chi connectivity index (χ0v) is 15.6. The summed E-state index contributed by atoms with van der Waals surface area (Å²) in [6.45, 7) is 5.28. The fourth-order valence-corrected chi connectivity index (χ4v) is 4.80. The van der Waals surface area contributed by atoms with Crippen LogP contribution >= 0.6 is 0 Å². The highest BCUT2D eigenvalue weighted by atomic mass is 32.2. The summed E-state index contributed by atoms with van der Waals surface area (Å²) in [4.78, 5) is 10.8. The van der Waals surface area contributed by atoms with Gasteiger partial charge in [-0.25, -0.2) is 16.8 Å². The zero-order valence-electron chi connectivity index (χ0n) is 14.0. The van der Waals surface area contributed by atoms with Crippen molar-refractivity contribution in [1.29, 1.82) is 0 Å². The van der Waals surface area contributed by atoms with Gasteiger partial charge in [-0.05, 0) is 31.2 Å². The fraction of sp³-hybridized carbons (Fsp3) is 0.500. The lowest BCUT2D eigenvalue weighted by Crippen LogP contribution is -2.40. The molecule has 1 N–H and O–H groups in total. The van der Waals surface area contributed by atoms with E-state index in [1.54, 1.807) is 13.8 Å². The first-order chi connectivity index (χ1) is 11.0. The number of rotatable bonds is 8. The maximum absolute atomic E-state index is 12.4. The van der Waals surface area contributed by atoms with Crippen LogP contribution in [0.5, 0.6) is 0 Å². The van der Waals surface area contributed by atoms with Crippen LogP contribution < -0.4 is 0 Å². The molecule has 1 aromatic carbocycles. The number of carboxylic acids is 1. The molecule has 1 unspecified atom stereocenters. The number of nitrogens with zero attached hydrogens (tertiary/aromatic N) is 2. The summed E-state index contributed by atoms with van der Waals surface area (Å²) < 4.78 is 51.5. The minimum absolute atomic E-state index is 0.0147. The van der Waals surface area contributed by atoms with Crippen LogP contribution in [-0.2, 0) is 24.8 Å². The van der Waals surface area contributed by atoms with Crippen LogP contribution in [0.4, 0.5) is 0 Å². The quantitative estimate of drug-likeness (QED) is 0.716. The number of hydrogen-bond donors (Lipinski definition) is 1. The van der Waals surface area contributed by atoms with Gasteiger partial charge in [0.1, 0.15) is 6.04 Å². The summed E-state index contributed by atoms with van der Waals surface area (Å²) in [6.07, 6.45) is 0. The molecule has 1 aromatic rings. The van der Waals surface area contributed by atoms with E-state index >= 15 is 0 Å². The molecule has 1 atom stereocenters. The Labute approximate surface area is 142 Å². The number of hydrogen-bond acceptors (Lipinski definition) is 5. The lowest BCUT2D eigenvalue weighted by molar-refractivity contribution is -0.140. The van der Waals surface area contributed by atoms with Crippen molar-refractivity contribution in [2.45, 2.75) is 36.6 Å². The molecule has 0 spiro atoms. The molecule has 1 rings (SSSR count). The monoisotopic (exact) mass is 378 g/mol. The minimum Gasteiger partial charge on any atom is -0.480 e. The van der Waals surface area contributed by atoms with Gasteiger partial charge in [-0.15, -0.1) is 0 Å². The van der Waals surface area contributed by atoms with Crippen LogP contribution in [0.2, 0.25) is 0 Å². The van der Waals surface area contributed by atoms with Gasteiger partial charge in [0.15, 0.2) is 0 Å². The van der Waals surface area contributed by atoms with Crippen molar-refractivity contribution in [3.8, 4) is 0 Å². The number of benzene rings is 1. The average molecular weight is 378 g/mol. The lowest BCUT2D eigenvalue weighted by Gasteiger charge is -2.21. The molecule has 0 heterocycles. The van der Waals surface area contributed by atoms with Crippen LogP contribution in [0.1, 0.15) is 20.8 Å². The van der Waals surface area contributed by atoms with Crippen LogP contribution in [0.15, 0.2) is 34.1 Å². The van der Waals surface area contributed by atoms with Crippen LogP contribution in [0.25, 0.3) is 0 Å². The van der Waals surface area contributed by atoms with Gasteiger partial charge >= 0.3 is 5.97 Å². The van der Waals surface area contributed by atoms with Crippen molar-refractivity contribution >= 4 is 26.0 Å². The zero-order chi connectivity index (χ0) is 18.7. The summed E-state index contributed by atoms with van der Waals surface area (Å²) >= 11 is 0. The summed E-state index contributed by atoms with van der Waals surface area (Å²) in [5, 5.41) is 8.94. The Bertz CT molecular complexity index is 783. The summed E-state index contributed by atoms with van der Waals surface area (Å²) in [5.41, 5.74) is 0. The van der Waals surface area contributed by atoms with Crippen molar-refractivity contribution < 1.29 is 26.7 Å². The van der Waals surface area contributed by atoms with Crippen LogP contribution in [0.3, 0.4) is 0 Å². The summed E-state index contributed by atoms with van der Waals surface area (Å²) in [5.74, 6) is -1.28. The third kappa shape index (κ3) is 3.94. The first-order valence-corrected chi connectivity index (χ1v) is 10.2. The second-order valence-corrected chi connectivity index (χ2v) is 9.03. The Morgan fingerprint density at radius 1 is 1.00 bits per heavy atom. The molecular weight excluding hydrogens is 356 g/mol. The average Bonchev–Trinajstić information content (AvgIpc) is 2.54. The van der Waals surface area contributed by atoms with Gasteiger partial charge < -0.3 is 5.11 Å². The number of likely N-dealkylation sites (N-methyl/N-ethyl adjacent to an activating group) is 1. The second-order valence-electron chi connectivity index (χ2n) is 5.10. The third-order valence-electron chi connectivity index (χ3n) is 3.75. The van der Waals surface area contributed by atoms with E-state index in [-0.39, 0.29) is 9.79 Å². The van der Waals surface area contributed by atoms with Gasteiger partial charge in [0.25, 0.3) is 0 Å². The van der Waals surface area contributed by atoms with Gasteiger partial charge in [0, 0.05) is 20.1 Å². The highest BCUT2D eigenvalue weighted by Gasteiger charge is 2.30. The van der Waals surface area contributed by atoms with E-state index in [0.29, 0.717) is 13.1 Å². The molecule has 0 bridgehead atoms. The van der Waals surface area contributed by atoms with Gasteiger partial charge in [-0.2, -0.15) is 8.61 Å². The lowest BCUT2D eigenvalue weighted by atomic mass is 10.4. The second kappa shape index (κ2) is 7.60. The van der Waals surface area contributed by atoms with E-state index in [2.05, 4.69) is 0 Å². The van der Waals surface area contributed by atoms with E-state index in [1.807, 2.05) is 0 Å². The Morgan fingerprint density at radius 3 is 1.71 bits per heavy atom. The predicted molar refractivity (Wildman–Crippen MR) is 88.6 cm³/mol. The van der Waals surface area contributed by atoms with Crippen molar-refractivity contribution in [3.63, 3.8) is 0 Å². The number of aliphatic carboxylic acids is 1. The van der Waals surface area contributed by atoms with Crippen LogP contribution in [0, 0.1) is 0 Å². The molecule has 0 fully saturated rings. The van der Waals surface area contributed by atoms with E-state index in [9.17, 15) is 21.6 Å². The molecule has 136 valence electrons. The molecule has 0 saturated carbocycles. The summed E-state index contributed by atoms with van der Waals surface area (Å²) in [6, 6.07) is 3.50. The molecule has 0 aromatic heterocycles. The standard InChI is InChI=1S/C14H22N2O6S2/c1-5-16(6-2)24(21,22)13-9-7-12(8-10-13)23(19,20)15(4)11(3)14(17)18/h7-11H,5-6H2,1-4H3,(H,17,18). The van der Waals surface area contributed by atoms with Crippen molar-refractivity contribution in [2.75, 3.05) is 20.1 Å². The fourth-order valence-electron chi connectivity index (χ4n) is 2.03.